The first kappa shape index (κ1) is 13.3. The van der Waals surface area contributed by atoms with Gasteiger partial charge in [-0.05, 0) is 61.6 Å². The molecule has 2 aromatic rings. The number of aromatic amines is 1. The summed E-state index contributed by atoms with van der Waals surface area (Å²) < 4.78 is 26.4. The highest BCUT2D eigenvalue weighted by Gasteiger charge is 2.25. The number of nitrogens with one attached hydrogen (secondary N) is 2. The van der Waals surface area contributed by atoms with Crippen molar-refractivity contribution in [2.24, 2.45) is 0 Å². The SMILES string of the molecule is Cc1[nH]ccc1C1CCNC(c2ccc(F)c(F)c2)C1. The molecule has 0 aliphatic carbocycles. The van der Waals surface area contributed by atoms with Gasteiger partial charge in [0.1, 0.15) is 0 Å². The molecule has 0 bridgehead atoms. The van der Waals surface area contributed by atoms with E-state index < -0.39 is 11.6 Å². The predicted octanol–water partition coefficient (Wildman–Crippen LogP) is 3.81. The van der Waals surface area contributed by atoms with Crippen LogP contribution in [0.2, 0.25) is 0 Å². The van der Waals surface area contributed by atoms with E-state index in [1.54, 1.807) is 6.07 Å². The number of H-pyrrole nitrogens is 1. The lowest BCUT2D eigenvalue weighted by atomic mass is 9.84. The highest BCUT2D eigenvalue weighted by Crippen LogP contribution is 2.35. The fraction of sp³-hybridized carbons (Fsp3) is 0.375. The van der Waals surface area contributed by atoms with Crippen LogP contribution in [0.15, 0.2) is 30.5 Å². The molecule has 0 saturated carbocycles. The number of aromatic nitrogens is 1. The molecule has 2 atom stereocenters. The zero-order valence-corrected chi connectivity index (χ0v) is 11.4. The van der Waals surface area contributed by atoms with E-state index in [2.05, 4.69) is 23.3 Å². The molecular formula is C16H18F2N2. The van der Waals surface area contributed by atoms with Crippen LogP contribution in [0.3, 0.4) is 0 Å². The summed E-state index contributed by atoms with van der Waals surface area (Å²) in [5, 5.41) is 3.39. The van der Waals surface area contributed by atoms with Crippen LogP contribution < -0.4 is 5.32 Å². The van der Waals surface area contributed by atoms with E-state index in [9.17, 15) is 8.78 Å². The predicted molar refractivity (Wildman–Crippen MR) is 74.6 cm³/mol. The number of piperidine rings is 1. The van der Waals surface area contributed by atoms with Gasteiger partial charge in [0.15, 0.2) is 11.6 Å². The topological polar surface area (TPSA) is 27.8 Å². The van der Waals surface area contributed by atoms with Gasteiger partial charge in [-0.25, -0.2) is 8.78 Å². The van der Waals surface area contributed by atoms with E-state index in [1.807, 2.05) is 6.20 Å². The molecule has 106 valence electrons. The minimum Gasteiger partial charge on any atom is -0.365 e. The van der Waals surface area contributed by atoms with Crippen molar-refractivity contribution in [1.82, 2.24) is 10.3 Å². The van der Waals surface area contributed by atoms with E-state index in [1.165, 1.54) is 23.4 Å². The zero-order valence-electron chi connectivity index (χ0n) is 11.4. The molecule has 4 heteroatoms. The maximum Gasteiger partial charge on any atom is 0.159 e. The zero-order chi connectivity index (χ0) is 14.1. The van der Waals surface area contributed by atoms with Crippen LogP contribution in [0.5, 0.6) is 0 Å². The number of hydrogen-bond donors (Lipinski definition) is 2. The molecule has 1 saturated heterocycles. The molecule has 1 aromatic carbocycles. The number of hydrogen-bond acceptors (Lipinski definition) is 1. The molecule has 1 aliphatic heterocycles. The average Bonchev–Trinajstić information content (AvgIpc) is 2.88. The Balaban J connectivity index is 1.81. The molecular weight excluding hydrogens is 258 g/mol. The average molecular weight is 276 g/mol. The number of aryl methyl sites for hydroxylation is 1. The quantitative estimate of drug-likeness (QED) is 0.857. The van der Waals surface area contributed by atoms with Gasteiger partial charge in [-0.1, -0.05) is 6.07 Å². The second-order valence-corrected chi connectivity index (χ2v) is 5.46. The fourth-order valence-corrected chi connectivity index (χ4v) is 3.09. The Labute approximate surface area is 117 Å². The van der Waals surface area contributed by atoms with Crippen LogP contribution in [0, 0.1) is 18.6 Å². The Bertz CT molecular complexity index is 606. The first-order valence-corrected chi connectivity index (χ1v) is 6.97. The van der Waals surface area contributed by atoms with Crippen LogP contribution in [-0.4, -0.2) is 11.5 Å². The van der Waals surface area contributed by atoms with Crippen molar-refractivity contribution < 1.29 is 8.78 Å². The minimum absolute atomic E-state index is 0.0816. The van der Waals surface area contributed by atoms with Crippen molar-refractivity contribution >= 4 is 0 Å². The van der Waals surface area contributed by atoms with Gasteiger partial charge < -0.3 is 10.3 Å². The molecule has 2 nitrogen and oxygen atoms in total. The van der Waals surface area contributed by atoms with Gasteiger partial charge >= 0.3 is 0 Å². The Morgan fingerprint density at radius 2 is 2.00 bits per heavy atom. The highest BCUT2D eigenvalue weighted by molar-refractivity contribution is 5.27. The number of rotatable bonds is 2. The Morgan fingerprint density at radius 3 is 2.70 bits per heavy atom. The van der Waals surface area contributed by atoms with Gasteiger partial charge in [0, 0.05) is 17.9 Å². The van der Waals surface area contributed by atoms with Crippen molar-refractivity contribution in [2.75, 3.05) is 6.54 Å². The van der Waals surface area contributed by atoms with Gasteiger partial charge in [-0.3, -0.25) is 0 Å². The molecule has 2 heterocycles. The lowest BCUT2D eigenvalue weighted by molar-refractivity contribution is 0.367. The smallest absolute Gasteiger partial charge is 0.159 e. The maximum atomic E-state index is 13.4. The molecule has 0 radical (unpaired) electrons. The van der Waals surface area contributed by atoms with Crippen molar-refractivity contribution in [3.63, 3.8) is 0 Å². The largest absolute Gasteiger partial charge is 0.365 e. The Hall–Kier alpha value is -1.68. The van der Waals surface area contributed by atoms with E-state index in [4.69, 9.17) is 0 Å². The third-order valence-electron chi connectivity index (χ3n) is 4.19. The van der Waals surface area contributed by atoms with E-state index in [0.717, 1.165) is 24.9 Å². The lowest BCUT2D eigenvalue weighted by Gasteiger charge is -2.31. The molecule has 20 heavy (non-hydrogen) atoms. The van der Waals surface area contributed by atoms with Gasteiger partial charge in [0.05, 0.1) is 0 Å². The Morgan fingerprint density at radius 1 is 1.15 bits per heavy atom. The molecule has 1 aromatic heterocycles. The minimum atomic E-state index is -0.789. The highest BCUT2D eigenvalue weighted by atomic mass is 19.2. The van der Waals surface area contributed by atoms with Crippen molar-refractivity contribution in [3.05, 3.63) is 58.9 Å². The molecule has 0 amide bonds. The van der Waals surface area contributed by atoms with Crippen molar-refractivity contribution in [2.45, 2.75) is 31.7 Å². The van der Waals surface area contributed by atoms with Crippen LogP contribution >= 0.6 is 0 Å². The molecule has 3 rings (SSSR count). The second kappa shape index (κ2) is 5.37. The summed E-state index contributed by atoms with van der Waals surface area (Å²) in [6.07, 6.45) is 3.93. The van der Waals surface area contributed by atoms with Crippen LogP contribution in [0.25, 0.3) is 0 Å². The van der Waals surface area contributed by atoms with Gasteiger partial charge in [-0.15, -0.1) is 0 Å². The fourth-order valence-electron chi connectivity index (χ4n) is 3.09. The molecule has 2 N–H and O–H groups in total. The summed E-state index contributed by atoms with van der Waals surface area (Å²) >= 11 is 0. The summed E-state index contributed by atoms with van der Waals surface area (Å²) in [5.74, 6) is -1.10. The number of halogens is 2. The summed E-state index contributed by atoms with van der Waals surface area (Å²) in [5.41, 5.74) is 3.35. The molecule has 0 spiro atoms. The Kier molecular flexibility index (Phi) is 3.57. The van der Waals surface area contributed by atoms with Gasteiger partial charge in [0.25, 0.3) is 0 Å². The third kappa shape index (κ3) is 2.48. The third-order valence-corrected chi connectivity index (χ3v) is 4.19. The molecule has 2 unspecified atom stereocenters. The van der Waals surface area contributed by atoms with Crippen molar-refractivity contribution in [3.8, 4) is 0 Å². The summed E-state index contributed by atoms with van der Waals surface area (Å²) in [7, 11) is 0. The summed E-state index contributed by atoms with van der Waals surface area (Å²) in [6.45, 7) is 2.96. The van der Waals surface area contributed by atoms with Crippen LogP contribution in [0.4, 0.5) is 8.78 Å². The number of benzene rings is 1. The van der Waals surface area contributed by atoms with E-state index >= 15 is 0 Å². The maximum absolute atomic E-state index is 13.4. The molecule has 1 aliphatic rings. The molecule has 1 fully saturated rings. The summed E-state index contributed by atoms with van der Waals surface area (Å²) in [6, 6.07) is 6.38. The van der Waals surface area contributed by atoms with Gasteiger partial charge in [-0.2, -0.15) is 0 Å². The lowest BCUT2D eigenvalue weighted by Crippen LogP contribution is -2.31. The van der Waals surface area contributed by atoms with Crippen molar-refractivity contribution in [1.29, 1.82) is 0 Å². The standard InChI is InChI=1S/C16H18F2N2/c1-10-13(5-7-19-10)11-4-6-20-16(9-11)12-2-3-14(17)15(18)8-12/h2-3,5,7-8,11,16,19-20H,4,6,9H2,1H3. The second-order valence-electron chi connectivity index (χ2n) is 5.46. The summed E-state index contributed by atoms with van der Waals surface area (Å²) in [4.78, 5) is 3.21. The van der Waals surface area contributed by atoms with E-state index in [0.29, 0.717) is 5.92 Å². The van der Waals surface area contributed by atoms with Crippen LogP contribution in [0.1, 0.15) is 41.6 Å². The first-order valence-electron chi connectivity index (χ1n) is 6.97. The normalized spacial score (nSPS) is 22.9. The van der Waals surface area contributed by atoms with Crippen LogP contribution in [-0.2, 0) is 0 Å². The first-order chi connectivity index (χ1) is 9.65. The van der Waals surface area contributed by atoms with E-state index in [-0.39, 0.29) is 6.04 Å². The monoisotopic (exact) mass is 276 g/mol. The van der Waals surface area contributed by atoms with Gasteiger partial charge in [0.2, 0.25) is 0 Å².